The number of rotatable bonds is 2. The van der Waals surface area contributed by atoms with Crippen LogP contribution in [0.1, 0.15) is 63.2 Å². The average molecular weight is 300 g/mol. The minimum Gasteiger partial charge on any atom is -0.359 e. The van der Waals surface area contributed by atoms with Gasteiger partial charge in [-0.15, -0.1) is 0 Å². The van der Waals surface area contributed by atoms with Gasteiger partial charge in [-0.2, -0.15) is 0 Å². The van der Waals surface area contributed by atoms with Crippen LogP contribution in [0.4, 0.5) is 5.82 Å². The Bertz CT molecular complexity index is 656. The fourth-order valence-corrected chi connectivity index (χ4v) is 2.00. The van der Waals surface area contributed by atoms with Crippen molar-refractivity contribution >= 4 is 11.7 Å². The van der Waals surface area contributed by atoms with Gasteiger partial charge < -0.3 is 9.84 Å². The van der Waals surface area contributed by atoms with Crippen LogP contribution < -0.4 is 5.32 Å². The van der Waals surface area contributed by atoms with Gasteiger partial charge in [-0.25, -0.2) is 0 Å². The summed E-state index contributed by atoms with van der Waals surface area (Å²) in [6.07, 6.45) is 0. The summed E-state index contributed by atoms with van der Waals surface area (Å²) in [5, 5.41) is 6.66. The van der Waals surface area contributed by atoms with E-state index in [0.29, 0.717) is 11.4 Å². The van der Waals surface area contributed by atoms with Crippen LogP contribution in [0, 0.1) is 0 Å². The van der Waals surface area contributed by atoms with Crippen molar-refractivity contribution in [3.05, 3.63) is 47.2 Å². The summed E-state index contributed by atoms with van der Waals surface area (Å²) in [6, 6.07) is 9.40. The molecule has 0 aliphatic heterocycles. The van der Waals surface area contributed by atoms with Crippen molar-refractivity contribution < 1.29 is 9.32 Å². The van der Waals surface area contributed by atoms with E-state index in [0.717, 1.165) is 5.76 Å². The molecule has 1 amide bonds. The van der Waals surface area contributed by atoms with Gasteiger partial charge in [0.2, 0.25) is 0 Å². The summed E-state index contributed by atoms with van der Waals surface area (Å²) in [5.41, 5.74) is 1.74. The maximum atomic E-state index is 12.2. The third-order valence-corrected chi connectivity index (χ3v) is 3.50. The summed E-state index contributed by atoms with van der Waals surface area (Å²) < 4.78 is 5.26. The standard InChI is InChI=1S/C18H24N2O2/c1-17(2,3)13-9-7-12(8-10-13)16(21)19-15-11-14(22-20-15)18(4,5)6/h7-11H,1-6H3,(H,19,20,21). The predicted octanol–water partition coefficient (Wildman–Crippen LogP) is 4.52. The molecule has 0 atom stereocenters. The van der Waals surface area contributed by atoms with Crippen molar-refractivity contribution in [1.29, 1.82) is 0 Å². The Hall–Kier alpha value is -2.10. The number of nitrogens with zero attached hydrogens (tertiary/aromatic N) is 1. The highest BCUT2D eigenvalue weighted by Crippen LogP contribution is 2.25. The molecule has 0 fully saturated rings. The van der Waals surface area contributed by atoms with Crippen LogP contribution >= 0.6 is 0 Å². The molecule has 0 spiro atoms. The molecule has 4 heteroatoms. The van der Waals surface area contributed by atoms with Crippen LogP contribution in [0.2, 0.25) is 0 Å². The van der Waals surface area contributed by atoms with Gasteiger partial charge in [0.1, 0.15) is 5.76 Å². The molecule has 22 heavy (non-hydrogen) atoms. The van der Waals surface area contributed by atoms with Gasteiger partial charge in [0, 0.05) is 17.0 Å². The Labute approximate surface area is 131 Å². The summed E-state index contributed by atoms with van der Waals surface area (Å²) >= 11 is 0. The van der Waals surface area contributed by atoms with Gasteiger partial charge in [0.15, 0.2) is 5.82 Å². The van der Waals surface area contributed by atoms with Crippen LogP contribution in [0.5, 0.6) is 0 Å². The van der Waals surface area contributed by atoms with Crippen LogP contribution in [-0.4, -0.2) is 11.1 Å². The molecule has 0 saturated heterocycles. The van der Waals surface area contributed by atoms with Crippen molar-refractivity contribution in [2.75, 3.05) is 5.32 Å². The molecule has 0 unspecified atom stereocenters. The second-order valence-corrected chi connectivity index (χ2v) is 7.61. The molecular weight excluding hydrogens is 276 g/mol. The van der Waals surface area contributed by atoms with Crippen LogP contribution in [0.15, 0.2) is 34.9 Å². The maximum Gasteiger partial charge on any atom is 0.256 e. The lowest BCUT2D eigenvalue weighted by Gasteiger charge is -2.18. The second-order valence-electron chi connectivity index (χ2n) is 7.61. The highest BCUT2D eigenvalue weighted by Gasteiger charge is 2.20. The Morgan fingerprint density at radius 3 is 2.05 bits per heavy atom. The number of aromatic nitrogens is 1. The first-order chi connectivity index (χ1) is 10.1. The van der Waals surface area contributed by atoms with Gasteiger partial charge in [-0.05, 0) is 23.1 Å². The summed E-state index contributed by atoms with van der Waals surface area (Å²) in [4.78, 5) is 12.2. The van der Waals surface area contributed by atoms with Crippen molar-refractivity contribution in [2.45, 2.75) is 52.4 Å². The molecule has 1 aromatic carbocycles. The Kier molecular flexibility index (Phi) is 4.14. The SMILES string of the molecule is CC(C)(C)c1ccc(C(=O)Nc2cc(C(C)(C)C)on2)cc1. The first-order valence-corrected chi connectivity index (χ1v) is 7.46. The highest BCUT2D eigenvalue weighted by atomic mass is 16.5. The number of anilines is 1. The van der Waals surface area contributed by atoms with Gasteiger partial charge >= 0.3 is 0 Å². The molecule has 1 N–H and O–H groups in total. The van der Waals surface area contributed by atoms with Gasteiger partial charge in [-0.3, -0.25) is 4.79 Å². The van der Waals surface area contributed by atoms with E-state index in [1.54, 1.807) is 6.07 Å². The lowest BCUT2D eigenvalue weighted by molar-refractivity contribution is 0.102. The van der Waals surface area contributed by atoms with Crippen molar-refractivity contribution in [2.24, 2.45) is 0 Å². The number of carbonyl (C=O) groups excluding carboxylic acids is 1. The predicted molar refractivity (Wildman–Crippen MR) is 88.3 cm³/mol. The molecule has 2 rings (SSSR count). The first kappa shape index (κ1) is 16.3. The molecule has 1 heterocycles. The van der Waals surface area contributed by atoms with Gasteiger partial charge in [0.05, 0.1) is 0 Å². The second kappa shape index (κ2) is 5.59. The van der Waals surface area contributed by atoms with E-state index in [4.69, 9.17) is 4.52 Å². The van der Waals surface area contributed by atoms with E-state index in [-0.39, 0.29) is 16.7 Å². The van der Waals surface area contributed by atoms with E-state index in [1.165, 1.54) is 5.56 Å². The minimum atomic E-state index is -0.186. The highest BCUT2D eigenvalue weighted by molar-refractivity contribution is 6.03. The van der Waals surface area contributed by atoms with Gasteiger partial charge in [-0.1, -0.05) is 58.8 Å². The Morgan fingerprint density at radius 2 is 1.59 bits per heavy atom. The number of hydrogen-bond acceptors (Lipinski definition) is 3. The van der Waals surface area contributed by atoms with E-state index in [2.05, 4.69) is 31.2 Å². The summed E-state index contributed by atoms with van der Waals surface area (Å²) in [6.45, 7) is 12.5. The molecule has 0 aliphatic rings. The van der Waals surface area contributed by atoms with E-state index >= 15 is 0 Å². The zero-order valence-electron chi connectivity index (χ0n) is 14.2. The molecule has 2 aromatic rings. The zero-order chi connectivity index (χ0) is 16.5. The maximum absolute atomic E-state index is 12.2. The molecule has 118 valence electrons. The number of hydrogen-bond donors (Lipinski definition) is 1. The fourth-order valence-electron chi connectivity index (χ4n) is 2.00. The molecule has 0 saturated carbocycles. The molecule has 4 nitrogen and oxygen atoms in total. The quantitative estimate of drug-likeness (QED) is 0.887. The molecule has 0 radical (unpaired) electrons. The van der Waals surface area contributed by atoms with Crippen LogP contribution in [0.25, 0.3) is 0 Å². The van der Waals surface area contributed by atoms with Crippen LogP contribution in [-0.2, 0) is 10.8 Å². The van der Waals surface area contributed by atoms with E-state index in [9.17, 15) is 4.79 Å². The van der Waals surface area contributed by atoms with Crippen LogP contribution in [0.3, 0.4) is 0 Å². The largest absolute Gasteiger partial charge is 0.359 e. The molecular formula is C18H24N2O2. The summed E-state index contributed by atoms with van der Waals surface area (Å²) in [5.74, 6) is 0.995. The number of carbonyl (C=O) groups is 1. The third-order valence-electron chi connectivity index (χ3n) is 3.50. The van der Waals surface area contributed by atoms with E-state index in [1.807, 2.05) is 45.0 Å². The molecule has 0 aliphatic carbocycles. The lowest BCUT2D eigenvalue weighted by Crippen LogP contribution is -2.14. The lowest BCUT2D eigenvalue weighted by atomic mass is 9.87. The van der Waals surface area contributed by atoms with Crippen molar-refractivity contribution in [3.63, 3.8) is 0 Å². The van der Waals surface area contributed by atoms with Gasteiger partial charge in [0.25, 0.3) is 5.91 Å². The normalized spacial score (nSPS) is 12.3. The number of amides is 1. The fraction of sp³-hybridized carbons (Fsp3) is 0.444. The molecule has 1 aromatic heterocycles. The Balaban J connectivity index is 2.11. The molecule has 0 bridgehead atoms. The smallest absolute Gasteiger partial charge is 0.256 e. The Morgan fingerprint density at radius 1 is 1.00 bits per heavy atom. The van der Waals surface area contributed by atoms with Crippen molar-refractivity contribution in [1.82, 2.24) is 5.16 Å². The average Bonchev–Trinajstić information content (AvgIpc) is 2.86. The minimum absolute atomic E-state index is 0.0722. The number of benzene rings is 1. The monoisotopic (exact) mass is 300 g/mol. The van der Waals surface area contributed by atoms with E-state index < -0.39 is 0 Å². The number of nitrogens with one attached hydrogen (secondary N) is 1. The zero-order valence-corrected chi connectivity index (χ0v) is 14.2. The third kappa shape index (κ3) is 3.75. The summed E-state index contributed by atoms with van der Waals surface area (Å²) in [7, 11) is 0. The first-order valence-electron chi connectivity index (χ1n) is 7.46. The van der Waals surface area contributed by atoms with Crippen molar-refractivity contribution in [3.8, 4) is 0 Å². The topological polar surface area (TPSA) is 55.1 Å².